The van der Waals surface area contributed by atoms with Gasteiger partial charge in [0.05, 0.1) is 19.8 Å². The van der Waals surface area contributed by atoms with Crippen molar-refractivity contribution in [2.75, 3.05) is 46.0 Å². The van der Waals surface area contributed by atoms with Crippen LogP contribution in [-0.4, -0.2) is 197 Å². The molecule has 29 nitrogen and oxygen atoms in total. The zero-order valence-corrected chi connectivity index (χ0v) is 62.4. The predicted molar refractivity (Wildman–Crippen MR) is 409 cm³/mol. The Hall–Kier alpha value is -11.0. The summed E-state index contributed by atoms with van der Waals surface area (Å²) in [7, 11) is 0. The van der Waals surface area contributed by atoms with E-state index in [1.807, 2.05) is 68.4 Å². The number of phenols is 1. The summed E-state index contributed by atoms with van der Waals surface area (Å²) in [6.45, 7) is 8.69. The smallest absolute Gasteiger partial charge is 0.245 e. The van der Waals surface area contributed by atoms with Gasteiger partial charge in [0.15, 0.2) is 5.96 Å². The molecule has 0 bridgehead atoms. The van der Waals surface area contributed by atoms with Crippen molar-refractivity contribution >= 4 is 93.3 Å². The highest BCUT2D eigenvalue weighted by Crippen LogP contribution is 2.24. The Labute approximate surface area is 638 Å². The van der Waals surface area contributed by atoms with Crippen molar-refractivity contribution in [3.05, 3.63) is 184 Å². The van der Waals surface area contributed by atoms with Crippen LogP contribution < -0.4 is 64.6 Å². The number of carbonyl (C=O) groups excluding carboxylic acids is 11. The van der Waals surface area contributed by atoms with E-state index in [2.05, 4.69) is 58.1 Å². The zero-order valence-electron chi connectivity index (χ0n) is 61.7. The molecule has 11 amide bonds. The molecule has 0 aliphatic carbocycles. The minimum atomic E-state index is -1.82. The molecule has 2 aliphatic heterocycles. The lowest BCUT2D eigenvalue weighted by molar-refractivity contribution is -0.142. The predicted octanol–water partition coefficient (Wildman–Crippen LogP) is 1.73. The van der Waals surface area contributed by atoms with Gasteiger partial charge in [0.2, 0.25) is 65.0 Å². The Bertz CT molecular complexity index is 4130. The summed E-state index contributed by atoms with van der Waals surface area (Å²) >= 11 is 6.27. The van der Waals surface area contributed by atoms with Gasteiger partial charge >= 0.3 is 0 Å². The molecule has 2 aliphatic rings. The first kappa shape index (κ1) is 83.6. The SMILES string of the molecule is CC(=O)N[C@H](Cc1cccc2ccccc12)C(=O)N[C@H](Cc1ccc(Cl)cc1)C(=O)N[C@H](Cc1ccccc1)C(=O)N[C@@H](CO)C(=O)N[C@@H](Cc1ccc(O)cc1)C(=O)N[C@H](Cc1ccc(CN2CCOCC2)cc1)C(=O)N[C@@H](CC(C)C)C(=O)N[C@@H](CCCNC(=N)N)C(=O)N1CCC[C@H]1C(=O)N[C@H](C)C(N)=O. The number of aromatic hydroxyl groups is 1. The normalized spacial score (nSPS) is 16.1. The third-order valence-corrected chi connectivity index (χ3v) is 19.1. The lowest BCUT2D eigenvalue weighted by Gasteiger charge is -2.31. The number of fused-ring (bicyclic) bond motifs is 1. The number of rotatable bonds is 38. The van der Waals surface area contributed by atoms with Crippen molar-refractivity contribution in [3.8, 4) is 5.75 Å². The van der Waals surface area contributed by atoms with Gasteiger partial charge in [-0.15, -0.1) is 0 Å². The van der Waals surface area contributed by atoms with E-state index < -0.39 is 132 Å². The van der Waals surface area contributed by atoms with Gasteiger partial charge in [-0.05, 0) is 113 Å². The topological polar surface area (TPSA) is 440 Å². The van der Waals surface area contributed by atoms with Crippen LogP contribution >= 0.6 is 11.6 Å². The van der Waals surface area contributed by atoms with Crippen molar-refractivity contribution in [2.45, 2.75) is 159 Å². The van der Waals surface area contributed by atoms with Gasteiger partial charge in [-0.3, -0.25) is 63.0 Å². The van der Waals surface area contributed by atoms with Crippen LogP contribution in [0.1, 0.15) is 93.2 Å². The number of nitrogens with zero attached hydrogens (tertiary/aromatic N) is 2. The molecule has 0 radical (unpaired) electrons. The van der Waals surface area contributed by atoms with Gasteiger partial charge in [-0.2, -0.15) is 0 Å². The fourth-order valence-electron chi connectivity index (χ4n) is 13.1. The first-order valence-corrected chi connectivity index (χ1v) is 37.0. The fourth-order valence-corrected chi connectivity index (χ4v) is 13.2. The van der Waals surface area contributed by atoms with E-state index in [1.165, 1.54) is 43.0 Å². The standard InChI is InChI=1S/C79H100ClN15O14/c1-47(2)39-61(70(100)87-60(19-11-33-84-79(82)83)78(108)95-34-12-20-68(95)77(107)85-48(3)69(81)99)88-71(101)63(41-51-21-23-54(24-22-51)45-94-35-37-109-38-36-94)90-73(103)65(43-53-27-31-58(98)32-28-53)92-76(106)67(46-96)93-74(104)62(40-50-13-6-5-7-14-50)89-72(102)64(42-52-25-29-57(80)30-26-52)91-75(105)66(86-49(4)97)44-56-17-10-16-55-15-8-9-18-59(55)56/h5-10,13-18,21-32,47-48,60-68,96,98H,11-12,19-20,33-46H2,1-4H3,(H2,81,99)(H,85,107)(H,86,97)(H,87,100)(H,88,101)(H,89,102)(H,90,103)(H,91,105)(H,92,106)(H,93,104)(H4,82,83,84)/t48-,60+,61+,62-,63-,64-,65+,66-,67+,68+/m1/s1. The number of ether oxygens (including phenoxy) is 1. The molecule has 0 unspecified atom stereocenters. The second-order valence-corrected chi connectivity index (χ2v) is 28.4. The number of phenolic OH excluding ortho intramolecular Hbond substituents is 1. The van der Waals surface area contributed by atoms with Crippen LogP contribution in [0.4, 0.5) is 0 Å². The number of benzene rings is 6. The summed E-state index contributed by atoms with van der Waals surface area (Å²) in [5.41, 5.74) is 14.8. The maximum absolute atomic E-state index is 15.3. The molecule has 17 N–H and O–H groups in total. The molecular weight excluding hydrogens is 1420 g/mol. The largest absolute Gasteiger partial charge is 0.508 e. The Morgan fingerprint density at radius 1 is 0.532 bits per heavy atom. The van der Waals surface area contributed by atoms with Crippen LogP contribution in [-0.2, 0) is 96.1 Å². The zero-order chi connectivity index (χ0) is 78.7. The summed E-state index contributed by atoms with van der Waals surface area (Å²) in [5, 5.41) is 58.4. The Kier molecular flexibility index (Phi) is 31.7. The Morgan fingerprint density at radius 2 is 0.991 bits per heavy atom. The van der Waals surface area contributed by atoms with Crippen molar-refractivity contribution in [1.29, 1.82) is 5.41 Å². The van der Waals surface area contributed by atoms with E-state index in [4.69, 9.17) is 33.2 Å². The van der Waals surface area contributed by atoms with E-state index >= 15 is 9.59 Å². The third kappa shape index (κ3) is 26.1. The average Bonchev–Trinajstić information content (AvgIpc) is 1.79. The maximum atomic E-state index is 15.3. The summed E-state index contributed by atoms with van der Waals surface area (Å²) in [6.07, 6.45) is 0.116. The van der Waals surface area contributed by atoms with Gasteiger partial charge in [0, 0.05) is 76.8 Å². The molecule has 109 heavy (non-hydrogen) atoms. The van der Waals surface area contributed by atoms with Crippen molar-refractivity contribution in [2.24, 2.45) is 17.4 Å². The number of halogens is 1. The first-order valence-electron chi connectivity index (χ1n) is 36.6. The minimum absolute atomic E-state index is 0.0127. The average molecular weight is 1520 g/mol. The number of morpholine rings is 1. The molecule has 582 valence electrons. The Balaban J connectivity index is 1.06. The second-order valence-electron chi connectivity index (χ2n) is 27.9. The highest BCUT2D eigenvalue weighted by molar-refractivity contribution is 6.30. The fraction of sp³-hybridized carbons (Fsp3) is 0.418. The molecule has 2 fully saturated rings. The van der Waals surface area contributed by atoms with E-state index in [0.29, 0.717) is 53.5 Å². The molecule has 30 heteroatoms. The minimum Gasteiger partial charge on any atom is -0.508 e. The summed E-state index contributed by atoms with van der Waals surface area (Å²) in [5.74, 6) is -9.46. The van der Waals surface area contributed by atoms with Crippen molar-refractivity contribution < 1.29 is 67.7 Å². The van der Waals surface area contributed by atoms with Gasteiger partial charge < -0.3 is 84.5 Å². The van der Waals surface area contributed by atoms with Crippen LogP contribution in [0, 0.1) is 11.3 Å². The number of aliphatic hydroxyl groups is 1. The number of guanidine groups is 1. The molecule has 0 aromatic heterocycles. The summed E-state index contributed by atoms with van der Waals surface area (Å²) in [6, 6.07) is 27.6. The number of likely N-dealkylation sites (tertiary alicyclic amines) is 1. The van der Waals surface area contributed by atoms with Gasteiger partial charge in [-0.1, -0.05) is 147 Å². The van der Waals surface area contributed by atoms with Crippen molar-refractivity contribution in [1.82, 2.24) is 63.0 Å². The summed E-state index contributed by atoms with van der Waals surface area (Å²) in [4.78, 5) is 161. The van der Waals surface area contributed by atoms with E-state index in [1.54, 1.807) is 66.7 Å². The highest BCUT2D eigenvalue weighted by atomic mass is 35.5. The van der Waals surface area contributed by atoms with Crippen LogP contribution in [0.2, 0.25) is 5.02 Å². The van der Waals surface area contributed by atoms with Crippen LogP contribution in [0.3, 0.4) is 0 Å². The Morgan fingerprint density at radius 3 is 1.52 bits per heavy atom. The molecule has 8 rings (SSSR count). The molecule has 10 atom stereocenters. The van der Waals surface area contributed by atoms with E-state index in [0.717, 1.165) is 35.0 Å². The van der Waals surface area contributed by atoms with Gasteiger partial charge in [-0.25, -0.2) is 0 Å². The second kappa shape index (κ2) is 41.4. The van der Waals surface area contributed by atoms with Crippen LogP contribution in [0.5, 0.6) is 5.75 Å². The molecule has 2 saturated heterocycles. The van der Waals surface area contributed by atoms with Crippen LogP contribution in [0.25, 0.3) is 10.8 Å². The quantitative estimate of drug-likeness (QED) is 0.0149. The number of primary amides is 1. The number of hydrogen-bond donors (Lipinski definition) is 15. The van der Waals surface area contributed by atoms with Gasteiger partial charge in [0.1, 0.15) is 66.2 Å². The van der Waals surface area contributed by atoms with Gasteiger partial charge in [0.25, 0.3) is 0 Å². The number of hydrogen-bond acceptors (Lipinski definition) is 16. The molecule has 0 saturated carbocycles. The lowest BCUT2D eigenvalue weighted by Crippen LogP contribution is -2.62. The lowest BCUT2D eigenvalue weighted by atomic mass is 9.97. The van der Waals surface area contributed by atoms with E-state index in [-0.39, 0.29) is 88.5 Å². The molecule has 0 spiro atoms. The molecule has 6 aromatic carbocycles. The molecule has 6 aromatic rings. The summed E-state index contributed by atoms with van der Waals surface area (Å²) < 4.78 is 5.54. The van der Waals surface area contributed by atoms with Crippen molar-refractivity contribution in [3.63, 3.8) is 0 Å². The first-order chi connectivity index (χ1) is 52.2. The highest BCUT2D eigenvalue weighted by Gasteiger charge is 2.41. The monoisotopic (exact) mass is 1520 g/mol. The van der Waals surface area contributed by atoms with E-state index in [9.17, 15) is 53.4 Å². The number of nitrogens with two attached hydrogens (primary N) is 2. The third-order valence-electron chi connectivity index (χ3n) is 18.9. The number of amides is 11. The number of aliphatic hydroxyl groups excluding tert-OH is 1. The molecular formula is C79H100ClN15O14. The van der Waals surface area contributed by atoms with Crippen LogP contribution in [0.15, 0.2) is 146 Å². The molecule has 2 heterocycles. The number of nitrogens with one attached hydrogen (secondary N) is 11. The number of carbonyl (C=O) groups is 11. The maximum Gasteiger partial charge on any atom is 0.245 e.